The van der Waals surface area contributed by atoms with E-state index >= 15 is 0 Å². The summed E-state index contributed by atoms with van der Waals surface area (Å²) in [5.74, 6) is -0.515. The Morgan fingerprint density at radius 1 is 1.35 bits per heavy atom. The fourth-order valence-corrected chi connectivity index (χ4v) is 1.95. The van der Waals surface area contributed by atoms with E-state index in [1.165, 1.54) is 36.0 Å². The maximum atomic E-state index is 12.6. The predicted octanol–water partition coefficient (Wildman–Crippen LogP) is 2.29. The van der Waals surface area contributed by atoms with Crippen LogP contribution < -0.4 is 10.9 Å². The second-order valence-corrected chi connectivity index (χ2v) is 5.06. The van der Waals surface area contributed by atoms with E-state index in [0.29, 0.717) is 11.3 Å². The van der Waals surface area contributed by atoms with E-state index in [1.54, 1.807) is 6.92 Å². The van der Waals surface area contributed by atoms with Crippen LogP contribution >= 0.6 is 0 Å². The average Bonchev–Trinajstić information content (AvgIpc) is 2.44. The monoisotopic (exact) mass is 325 g/mol. The second kappa shape index (κ2) is 6.23. The molecule has 2 aromatic heterocycles. The van der Waals surface area contributed by atoms with Gasteiger partial charge in [0.2, 0.25) is 5.91 Å². The summed E-state index contributed by atoms with van der Waals surface area (Å²) >= 11 is 0. The first kappa shape index (κ1) is 16.7. The standard InChI is InChI=1S/C15H14F3N3O2/c1-9-6-14(23)21(2)8-11(9)20-13(22)7-10-4-3-5-12(19-10)15(16,17)18/h3-6,8H,7H2,1-2H3,(H,20,22). The molecular formula is C15H14F3N3O2. The summed E-state index contributed by atoms with van der Waals surface area (Å²) < 4.78 is 39.1. The highest BCUT2D eigenvalue weighted by Gasteiger charge is 2.32. The molecule has 2 heterocycles. The van der Waals surface area contributed by atoms with Crippen LogP contribution in [0.3, 0.4) is 0 Å². The lowest BCUT2D eigenvalue weighted by Crippen LogP contribution is -2.21. The quantitative estimate of drug-likeness (QED) is 0.942. The van der Waals surface area contributed by atoms with E-state index < -0.39 is 17.8 Å². The molecule has 0 fully saturated rings. The molecule has 0 aliphatic rings. The Morgan fingerprint density at radius 3 is 2.70 bits per heavy atom. The fourth-order valence-electron chi connectivity index (χ4n) is 1.95. The van der Waals surface area contributed by atoms with Crippen LogP contribution in [0.5, 0.6) is 0 Å². The molecule has 0 saturated carbocycles. The highest BCUT2D eigenvalue weighted by molar-refractivity contribution is 5.92. The minimum atomic E-state index is -4.55. The predicted molar refractivity (Wildman–Crippen MR) is 78.0 cm³/mol. The van der Waals surface area contributed by atoms with Gasteiger partial charge in [0.1, 0.15) is 5.69 Å². The van der Waals surface area contributed by atoms with Crippen LogP contribution in [0, 0.1) is 6.92 Å². The number of amides is 1. The number of hydrogen-bond acceptors (Lipinski definition) is 3. The number of rotatable bonds is 3. The Hall–Kier alpha value is -2.64. The SMILES string of the molecule is Cc1cc(=O)n(C)cc1NC(=O)Cc1cccc(C(F)(F)F)n1. The Balaban J connectivity index is 2.14. The first-order valence-corrected chi connectivity index (χ1v) is 6.67. The van der Waals surface area contributed by atoms with Gasteiger partial charge >= 0.3 is 6.18 Å². The van der Waals surface area contributed by atoms with Gasteiger partial charge < -0.3 is 9.88 Å². The number of carbonyl (C=O) groups is 1. The number of pyridine rings is 2. The third-order valence-corrected chi connectivity index (χ3v) is 3.15. The number of halogens is 3. The van der Waals surface area contributed by atoms with E-state index in [9.17, 15) is 22.8 Å². The van der Waals surface area contributed by atoms with Gasteiger partial charge in [-0.1, -0.05) is 6.07 Å². The van der Waals surface area contributed by atoms with Crippen molar-refractivity contribution >= 4 is 11.6 Å². The van der Waals surface area contributed by atoms with E-state index in [0.717, 1.165) is 6.07 Å². The number of anilines is 1. The minimum absolute atomic E-state index is 0.0137. The van der Waals surface area contributed by atoms with Gasteiger partial charge in [-0.15, -0.1) is 0 Å². The molecule has 0 radical (unpaired) electrons. The lowest BCUT2D eigenvalue weighted by atomic mass is 10.2. The summed E-state index contributed by atoms with van der Waals surface area (Å²) in [6.07, 6.45) is -3.40. The van der Waals surface area contributed by atoms with Crippen LogP contribution in [0.4, 0.5) is 18.9 Å². The molecule has 1 amide bonds. The number of nitrogens with one attached hydrogen (secondary N) is 1. The Bertz CT molecular complexity index is 797. The lowest BCUT2D eigenvalue weighted by Gasteiger charge is -2.10. The molecule has 0 aromatic carbocycles. The number of alkyl halides is 3. The molecule has 0 aliphatic heterocycles. The smallest absolute Gasteiger partial charge is 0.324 e. The number of aromatic nitrogens is 2. The van der Waals surface area contributed by atoms with E-state index in [2.05, 4.69) is 10.3 Å². The van der Waals surface area contributed by atoms with Gasteiger partial charge in [0.05, 0.1) is 17.8 Å². The van der Waals surface area contributed by atoms with Crippen molar-refractivity contribution in [1.82, 2.24) is 9.55 Å². The number of hydrogen-bond donors (Lipinski definition) is 1. The fraction of sp³-hybridized carbons (Fsp3) is 0.267. The first-order chi connectivity index (χ1) is 10.7. The van der Waals surface area contributed by atoms with Gasteiger partial charge in [0, 0.05) is 19.3 Å². The Labute approximate surface area is 129 Å². The molecule has 122 valence electrons. The van der Waals surface area contributed by atoms with Crippen LogP contribution in [0.2, 0.25) is 0 Å². The van der Waals surface area contributed by atoms with Gasteiger partial charge in [0.25, 0.3) is 5.56 Å². The molecule has 2 aromatic rings. The molecule has 0 spiro atoms. The summed E-state index contributed by atoms with van der Waals surface area (Å²) in [6.45, 7) is 1.65. The molecule has 5 nitrogen and oxygen atoms in total. The van der Waals surface area contributed by atoms with E-state index in [4.69, 9.17) is 0 Å². The van der Waals surface area contributed by atoms with Gasteiger partial charge in [-0.25, -0.2) is 4.98 Å². The van der Waals surface area contributed by atoms with Gasteiger partial charge in [0.15, 0.2) is 0 Å². The summed E-state index contributed by atoms with van der Waals surface area (Å²) in [6, 6.07) is 4.76. The highest BCUT2D eigenvalue weighted by atomic mass is 19.4. The van der Waals surface area contributed by atoms with E-state index in [-0.39, 0.29) is 17.7 Å². The zero-order valence-electron chi connectivity index (χ0n) is 12.4. The Morgan fingerprint density at radius 2 is 2.04 bits per heavy atom. The lowest BCUT2D eigenvalue weighted by molar-refractivity contribution is -0.141. The normalized spacial score (nSPS) is 11.3. The van der Waals surface area contributed by atoms with Crippen molar-refractivity contribution in [2.24, 2.45) is 7.05 Å². The second-order valence-electron chi connectivity index (χ2n) is 5.06. The molecule has 2 rings (SSSR count). The molecule has 8 heteroatoms. The van der Waals surface area contributed by atoms with Crippen LogP contribution in [0.25, 0.3) is 0 Å². The average molecular weight is 325 g/mol. The van der Waals surface area contributed by atoms with Crippen molar-refractivity contribution in [1.29, 1.82) is 0 Å². The van der Waals surface area contributed by atoms with Crippen molar-refractivity contribution in [3.05, 3.63) is 57.8 Å². The number of aryl methyl sites for hydroxylation is 2. The largest absolute Gasteiger partial charge is 0.433 e. The first-order valence-electron chi connectivity index (χ1n) is 6.67. The third kappa shape index (κ3) is 4.18. The zero-order chi connectivity index (χ0) is 17.2. The molecule has 0 aliphatic carbocycles. The van der Waals surface area contributed by atoms with Gasteiger partial charge in [-0.2, -0.15) is 13.2 Å². The summed E-state index contributed by atoms with van der Waals surface area (Å²) in [4.78, 5) is 26.8. The van der Waals surface area contributed by atoms with Crippen molar-refractivity contribution in [3.8, 4) is 0 Å². The molecule has 0 atom stereocenters. The number of nitrogens with zero attached hydrogens (tertiary/aromatic N) is 2. The maximum absolute atomic E-state index is 12.6. The van der Waals surface area contributed by atoms with Crippen molar-refractivity contribution in [3.63, 3.8) is 0 Å². The molecule has 0 bridgehead atoms. The zero-order valence-corrected chi connectivity index (χ0v) is 12.4. The highest BCUT2D eigenvalue weighted by Crippen LogP contribution is 2.27. The minimum Gasteiger partial charge on any atom is -0.324 e. The van der Waals surface area contributed by atoms with Crippen LogP contribution in [-0.2, 0) is 24.4 Å². The number of carbonyl (C=O) groups excluding carboxylic acids is 1. The van der Waals surface area contributed by atoms with E-state index in [1.807, 2.05) is 0 Å². The van der Waals surface area contributed by atoms with Crippen LogP contribution in [-0.4, -0.2) is 15.5 Å². The van der Waals surface area contributed by atoms with Crippen molar-refractivity contribution in [2.45, 2.75) is 19.5 Å². The summed E-state index contributed by atoms with van der Waals surface area (Å²) in [7, 11) is 1.53. The molecule has 0 unspecified atom stereocenters. The summed E-state index contributed by atoms with van der Waals surface area (Å²) in [5.41, 5.74) is -0.261. The molecular weight excluding hydrogens is 311 g/mol. The third-order valence-electron chi connectivity index (χ3n) is 3.15. The maximum Gasteiger partial charge on any atom is 0.433 e. The van der Waals surface area contributed by atoms with Crippen LogP contribution in [0.1, 0.15) is 17.0 Å². The van der Waals surface area contributed by atoms with Crippen LogP contribution in [0.15, 0.2) is 35.3 Å². The molecule has 0 saturated heterocycles. The Kier molecular flexibility index (Phi) is 4.53. The summed E-state index contributed by atoms with van der Waals surface area (Å²) in [5, 5.41) is 2.57. The molecule has 1 N–H and O–H groups in total. The molecule has 23 heavy (non-hydrogen) atoms. The van der Waals surface area contributed by atoms with Gasteiger partial charge in [-0.3, -0.25) is 9.59 Å². The van der Waals surface area contributed by atoms with Crippen molar-refractivity contribution in [2.75, 3.05) is 5.32 Å². The van der Waals surface area contributed by atoms with Crippen molar-refractivity contribution < 1.29 is 18.0 Å². The van der Waals surface area contributed by atoms with Gasteiger partial charge in [-0.05, 0) is 24.6 Å². The topological polar surface area (TPSA) is 64.0 Å².